The summed E-state index contributed by atoms with van der Waals surface area (Å²) in [5, 5.41) is 21.5. The lowest BCUT2D eigenvalue weighted by Crippen LogP contribution is -2.41. The number of aryl methyl sites for hydroxylation is 1. The van der Waals surface area contributed by atoms with Crippen molar-refractivity contribution in [2.45, 2.75) is 32.7 Å². The largest absolute Gasteiger partial charge is 0.508 e. The molecule has 1 aromatic rings. The smallest absolute Gasteiger partial charge is 0.220 e. The van der Waals surface area contributed by atoms with Gasteiger partial charge >= 0.3 is 0 Å². The molecule has 1 rings (SSSR count). The Hall–Kier alpha value is -1.55. The molecule has 0 spiro atoms. The number of carbonyl (C=O) groups excluding carboxylic acids is 1. The van der Waals surface area contributed by atoms with Crippen molar-refractivity contribution < 1.29 is 15.0 Å². The molecule has 18 heavy (non-hydrogen) atoms. The molecule has 4 nitrogen and oxygen atoms in total. The molecule has 0 saturated carbocycles. The summed E-state index contributed by atoms with van der Waals surface area (Å²) in [6.45, 7) is 3.84. The molecule has 0 radical (unpaired) electrons. The van der Waals surface area contributed by atoms with Gasteiger partial charge in [0.2, 0.25) is 5.91 Å². The minimum Gasteiger partial charge on any atom is -0.508 e. The predicted octanol–water partition coefficient (Wildman–Crippen LogP) is 1.46. The summed E-state index contributed by atoms with van der Waals surface area (Å²) in [6.07, 6.45) is 0.801. The Morgan fingerprint density at radius 2 is 2.00 bits per heavy atom. The minimum atomic E-state index is -0.207. The number of aliphatic hydroxyl groups excluding tert-OH is 1. The van der Waals surface area contributed by atoms with Crippen molar-refractivity contribution in [2.24, 2.45) is 5.92 Å². The highest BCUT2D eigenvalue weighted by atomic mass is 16.3. The van der Waals surface area contributed by atoms with Crippen LogP contribution < -0.4 is 5.32 Å². The first-order valence-electron chi connectivity index (χ1n) is 6.21. The second-order valence-electron chi connectivity index (χ2n) is 4.73. The lowest BCUT2D eigenvalue weighted by molar-refractivity contribution is -0.122. The predicted molar refractivity (Wildman–Crippen MR) is 70.3 cm³/mol. The number of nitrogens with one attached hydrogen (secondary N) is 1. The number of hydrogen-bond acceptors (Lipinski definition) is 3. The first-order chi connectivity index (χ1) is 8.54. The van der Waals surface area contributed by atoms with Gasteiger partial charge in [0, 0.05) is 6.42 Å². The van der Waals surface area contributed by atoms with E-state index < -0.39 is 0 Å². The molecule has 3 N–H and O–H groups in total. The van der Waals surface area contributed by atoms with E-state index in [1.54, 1.807) is 18.2 Å². The Labute approximate surface area is 108 Å². The zero-order valence-corrected chi connectivity index (χ0v) is 10.9. The van der Waals surface area contributed by atoms with Crippen LogP contribution in [0, 0.1) is 5.92 Å². The topological polar surface area (TPSA) is 69.6 Å². The SMILES string of the molecule is CC(C)[C@@H](CO)NC(=O)CCc1ccccc1O. The van der Waals surface area contributed by atoms with Crippen molar-refractivity contribution in [1.29, 1.82) is 0 Å². The number of para-hydroxylation sites is 1. The molecule has 0 unspecified atom stereocenters. The van der Waals surface area contributed by atoms with Crippen molar-refractivity contribution in [3.05, 3.63) is 29.8 Å². The fraction of sp³-hybridized carbons (Fsp3) is 0.500. The zero-order chi connectivity index (χ0) is 13.5. The molecule has 0 aliphatic rings. The van der Waals surface area contributed by atoms with Gasteiger partial charge in [-0.05, 0) is 24.0 Å². The lowest BCUT2D eigenvalue weighted by atomic mass is 10.0. The van der Waals surface area contributed by atoms with Gasteiger partial charge in [-0.25, -0.2) is 0 Å². The number of carbonyl (C=O) groups is 1. The zero-order valence-electron chi connectivity index (χ0n) is 10.9. The van der Waals surface area contributed by atoms with Gasteiger partial charge < -0.3 is 15.5 Å². The van der Waals surface area contributed by atoms with Crippen molar-refractivity contribution in [3.8, 4) is 5.75 Å². The maximum absolute atomic E-state index is 11.7. The number of rotatable bonds is 6. The third-order valence-corrected chi connectivity index (χ3v) is 2.96. The monoisotopic (exact) mass is 251 g/mol. The minimum absolute atomic E-state index is 0.0556. The van der Waals surface area contributed by atoms with Crippen LogP contribution in [-0.2, 0) is 11.2 Å². The Kier molecular flexibility index (Phi) is 5.65. The van der Waals surface area contributed by atoms with Gasteiger partial charge in [-0.2, -0.15) is 0 Å². The standard InChI is InChI=1S/C14H21NO3/c1-10(2)12(9-16)15-14(18)8-7-11-5-3-4-6-13(11)17/h3-6,10,12,16-17H,7-9H2,1-2H3,(H,15,18)/t12-/m1/s1. The highest BCUT2D eigenvalue weighted by Crippen LogP contribution is 2.17. The Balaban J connectivity index is 2.44. The van der Waals surface area contributed by atoms with Gasteiger partial charge in [-0.3, -0.25) is 4.79 Å². The first-order valence-corrected chi connectivity index (χ1v) is 6.21. The van der Waals surface area contributed by atoms with E-state index in [0.29, 0.717) is 12.8 Å². The van der Waals surface area contributed by atoms with Crippen LogP contribution in [0.5, 0.6) is 5.75 Å². The second-order valence-corrected chi connectivity index (χ2v) is 4.73. The molecule has 100 valence electrons. The van der Waals surface area contributed by atoms with Gasteiger partial charge in [0.05, 0.1) is 12.6 Å². The van der Waals surface area contributed by atoms with E-state index in [9.17, 15) is 9.90 Å². The van der Waals surface area contributed by atoms with Crippen LogP contribution in [0.25, 0.3) is 0 Å². The maximum atomic E-state index is 11.7. The third-order valence-electron chi connectivity index (χ3n) is 2.96. The van der Waals surface area contributed by atoms with Crippen molar-refractivity contribution in [3.63, 3.8) is 0 Å². The van der Waals surface area contributed by atoms with E-state index in [0.717, 1.165) is 5.56 Å². The number of aromatic hydroxyl groups is 1. The molecule has 0 aliphatic carbocycles. The number of hydrogen-bond donors (Lipinski definition) is 3. The summed E-state index contributed by atoms with van der Waals surface area (Å²) in [7, 11) is 0. The Morgan fingerprint density at radius 1 is 1.33 bits per heavy atom. The molecule has 1 aromatic carbocycles. The maximum Gasteiger partial charge on any atom is 0.220 e. The summed E-state index contributed by atoms with van der Waals surface area (Å²) >= 11 is 0. The summed E-state index contributed by atoms with van der Waals surface area (Å²) in [4.78, 5) is 11.7. The van der Waals surface area contributed by atoms with Gasteiger partial charge in [-0.15, -0.1) is 0 Å². The molecular weight excluding hydrogens is 230 g/mol. The molecule has 0 aromatic heterocycles. The molecule has 0 saturated heterocycles. The Bertz CT molecular complexity index is 390. The number of phenols is 1. The fourth-order valence-corrected chi connectivity index (χ4v) is 1.67. The Morgan fingerprint density at radius 3 is 2.56 bits per heavy atom. The first kappa shape index (κ1) is 14.5. The van der Waals surface area contributed by atoms with Gasteiger partial charge in [-0.1, -0.05) is 32.0 Å². The third kappa shape index (κ3) is 4.37. The van der Waals surface area contributed by atoms with Crippen LogP contribution >= 0.6 is 0 Å². The average molecular weight is 251 g/mol. The highest BCUT2D eigenvalue weighted by molar-refractivity contribution is 5.76. The lowest BCUT2D eigenvalue weighted by Gasteiger charge is -2.19. The van der Waals surface area contributed by atoms with Crippen LogP contribution in [-0.4, -0.2) is 28.8 Å². The van der Waals surface area contributed by atoms with Gasteiger partial charge in [0.25, 0.3) is 0 Å². The van der Waals surface area contributed by atoms with E-state index >= 15 is 0 Å². The van der Waals surface area contributed by atoms with E-state index in [-0.39, 0.29) is 30.2 Å². The second kappa shape index (κ2) is 7.01. The number of amides is 1. The summed E-state index contributed by atoms with van der Waals surface area (Å²) in [5.74, 6) is 0.308. The van der Waals surface area contributed by atoms with Crippen molar-refractivity contribution in [2.75, 3.05) is 6.61 Å². The van der Waals surface area contributed by atoms with Crippen LogP contribution in [0.15, 0.2) is 24.3 Å². The molecule has 1 atom stereocenters. The number of phenolic OH excluding ortho intramolecular Hbond substituents is 1. The van der Waals surface area contributed by atoms with Crippen molar-refractivity contribution >= 4 is 5.91 Å². The summed E-state index contributed by atoms with van der Waals surface area (Å²) in [6, 6.07) is 6.78. The molecule has 0 bridgehead atoms. The molecule has 1 amide bonds. The summed E-state index contributed by atoms with van der Waals surface area (Å²) in [5.41, 5.74) is 0.762. The normalized spacial score (nSPS) is 12.4. The number of benzene rings is 1. The van der Waals surface area contributed by atoms with Gasteiger partial charge in [0.15, 0.2) is 0 Å². The van der Waals surface area contributed by atoms with Crippen LogP contribution in [0.2, 0.25) is 0 Å². The van der Waals surface area contributed by atoms with Crippen LogP contribution in [0.1, 0.15) is 25.8 Å². The quantitative estimate of drug-likeness (QED) is 0.717. The molecule has 0 fully saturated rings. The molecule has 0 aliphatic heterocycles. The van der Waals surface area contributed by atoms with Crippen molar-refractivity contribution in [1.82, 2.24) is 5.32 Å². The van der Waals surface area contributed by atoms with Gasteiger partial charge in [0.1, 0.15) is 5.75 Å². The fourth-order valence-electron chi connectivity index (χ4n) is 1.67. The van der Waals surface area contributed by atoms with E-state index in [2.05, 4.69) is 5.32 Å². The highest BCUT2D eigenvalue weighted by Gasteiger charge is 2.15. The number of aliphatic hydroxyl groups is 1. The molecule has 4 heteroatoms. The van der Waals surface area contributed by atoms with Crippen LogP contribution in [0.4, 0.5) is 0 Å². The van der Waals surface area contributed by atoms with E-state index in [1.807, 2.05) is 19.9 Å². The van der Waals surface area contributed by atoms with E-state index in [4.69, 9.17) is 5.11 Å². The molecule has 0 heterocycles. The average Bonchev–Trinajstić information content (AvgIpc) is 2.34. The van der Waals surface area contributed by atoms with Crippen LogP contribution in [0.3, 0.4) is 0 Å². The molecular formula is C14H21NO3. The summed E-state index contributed by atoms with van der Waals surface area (Å²) < 4.78 is 0. The van der Waals surface area contributed by atoms with E-state index in [1.165, 1.54) is 0 Å².